The normalized spacial score (nSPS) is 15.8. The van der Waals surface area contributed by atoms with Crippen LogP contribution >= 0.6 is 0 Å². The molecule has 0 spiro atoms. The Kier molecular flexibility index (Phi) is 3.95. The zero-order chi connectivity index (χ0) is 14.7. The predicted octanol–water partition coefficient (Wildman–Crippen LogP) is 0.853. The molecule has 2 aromatic rings. The van der Waals surface area contributed by atoms with Gasteiger partial charge >= 0.3 is 0 Å². The maximum Gasteiger partial charge on any atom is 0.103 e. The molecule has 108 valence electrons. The van der Waals surface area contributed by atoms with Gasteiger partial charge in [0, 0.05) is 38.9 Å². The monoisotopic (exact) mass is 282 g/mol. The van der Waals surface area contributed by atoms with Crippen LogP contribution in [0.4, 0.5) is 0 Å². The van der Waals surface area contributed by atoms with E-state index in [1.54, 1.807) is 10.9 Å². The first-order valence-electron chi connectivity index (χ1n) is 7.11. The quantitative estimate of drug-likeness (QED) is 0.904. The van der Waals surface area contributed by atoms with Crippen LogP contribution in [0.1, 0.15) is 17.0 Å². The minimum absolute atomic E-state index is 0.597. The van der Waals surface area contributed by atoms with Crippen LogP contribution in [0.15, 0.2) is 24.5 Å². The highest BCUT2D eigenvalue weighted by Crippen LogP contribution is 2.11. The molecule has 0 amide bonds. The van der Waals surface area contributed by atoms with Crippen molar-refractivity contribution in [3.05, 3.63) is 41.5 Å². The summed E-state index contributed by atoms with van der Waals surface area (Å²) in [4.78, 5) is 6.90. The molecule has 0 saturated carbocycles. The second-order valence-corrected chi connectivity index (χ2v) is 5.22. The molecule has 1 saturated heterocycles. The van der Waals surface area contributed by atoms with E-state index in [-0.39, 0.29) is 0 Å². The van der Waals surface area contributed by atoms with E-state index in [9.17, 15) is 0 Å². The number of rotatable bonds is 3. The van der Waals surface area contributed by atoms with E-state index in [2.05, 4.69) is 26.4 Å². The number of nitriles is 1. The molecular formula is C15H18N6. The van der Waals surface area contributed by atoms with Crippen LogP contribution in [-0.2, 0) is 6.54 Å². The van der Waals surface area contributed by atoms with Crippen molar-refractivity contribution >= 4 is 0 Å². The highest BCUT2D eigenvalue weighted by molar-refractivity contribution is 5.36. The fourth-order valence-electron chi connectivity index (χ4n) is 2.45. The fraction of sp³-hybridized carbons (Fsp3) is 0.400. The van der Waals surface area contributed by atoms with E-state index >= 15 is 0 Å². The van der Waals surface area contributed by atoms with Gasteiger partial charge in [0.25, 0.3) is 0 Å². The Morgan fingerprint density at radius 1 is 1.33 bits per heavy atom. The van der Waals surface area contributed by atoms with Gasteiger partial charge in [-0.3, -0.25) is 9.88 Å². The molecule has 6 heteroatoms. The standard InChI is InChI=1S/C15H18N6/c1-12-13(8-16)10-21(19-12)15-3-2-14(18-9-15)11-20-6-4-17-5-7-20/h2-3,9-10,17H,4-7,11H2,1H3. The third-order valence-electron chi connectivity index (χ3n) is 3.69. The lowest BCUT2D eigenvalue weighted by molar-refractivity contribution is 0.231. The number of piperazine rings is 1. The summed E-state index contributed by atoms with van der Waals surface area (Å²) in [5, 5.41) is 16.7. The Bertz CT molecular complexity index is 646. The van der Waals surface area contributed by atoms with Gasteiger partial charge in [0.1, 0.15) is 6.07 Å². The molecule has 0 unspecified atom stereocenters. The van der Waals surface area contributed by atoms with Crippen LogP contribution in [0.2, 0.25) is 0 Å². The number of aromatic nitrogens is 3. The summed E-state index contributed by atoms with van der Waals surface area (Å²) in [6, 6.07) is 6.16. The zero-order valence-electron chi connectivity index (χ0n) is 12.1. The molecule has 0 bridgehead atoms. The van der Waals surface area contributed by atoms with Crippen LogP contribution in [0.25, 0.3) is 5.69 Å². The lowest BCUT2D eigenvalue weighted by Crippen LogP contribution is -2.43. The van der Waals surface area contributed by atoms with Crippen molar-refractivity contribution in [1.82, 2.24) is 25.0 Å². The Balaban J connectivity index is 1.72. The van der Waals surface area contributed by atoms with Gasteiger partial charge in [-0.2, -0.15) is 10.4 Å². The van der Waals surface area contributed by atoms with Crippen molar-refractivity contribution in [2.45, 2.75) is 13.5 Å². The van der Waals surface area contributed by atoms with Crippen molar-refractivity contribution in [3.63, 3.8) is 0 Å². The molecule has 1 fully saturated rings. The third kappa shape index (κ3) is 3.10. The van der Waals surface area contributed by atoms with Gasteiger partial charge in [-0.15, -0.1) is 0 Å². The molecule has 0 aromatic carbocycles. The number of nitrogens with zero attached hydrogens (tertiary/aromatic N) is 5. The Labute approximate surface area is 124 Å². The molecule has 1 aliphatic heterocycles. The van der Waals surface area contributed by atoms with E-state index in [4.69, 9.17) is 5.26 Å². The first-order valence-corrected chi connectivity index (χ1v) is 7.11. The number of nitrogens with one attached hydrogen (secondary N) is 1. The van der Waals surface area contributed by atoms with Crippen molar-refractivity contribution in [2.24, 2.45) is 0 Å². The molecule has 1 aliphatic rings. The molecule has 3 rings (SSSR count). The zero-order valence-corrected chi connectivity index (χ0v) is 12.1. The number of pyridine rings is 1. The van der Waals surface area contributed by atoms with Crippen LogP contribution < -0.4 is 5.32 Å². The van der Waals surface area contributed by atoms with Crippen LogP contribution in [0.5, 0.6) is 0 Å². The van der Waals surface area contributed by atoms with Crippen molar-refractivity contribution < 1.29 is 0 Å². The molecular weight excluding hydrogens is 264 g/mol. The Morgan fingerprint density at radius 2 is 2.14 bits per heavy atom. The number of aryl methyl sites for hydroxylation is 1. The molecule has 6 nitrogen and oxygen atoms in total. The summed E-state index contributed by atoms with van der Waals surface area (Å²) < 4.78 is 1.70. The first kappa shape index (κ1) is 13.7. The molecule has 2 aromatic heterocycles. The van der Waals surface area contributed by atoms with Crippen molar-refractivity contribution in [1.29, 1.82) is 5.26 Å². The van der Waals surface area contributed by atoms with Gasteiger partial charge in [0.05, 0.1) is 28.8 Å². The number of hydrogen-bond acceptors (Lipinski definition) is 5. The second kappa shape index (κ2) is 6.04. The summed E-state index contributed by atoms with van der Waals surface area (Å²) in [7, 11) is 0. The lowest BCUT2D eigenvalue weighted by Gasteiger charge is -2.26. The summed E-state index contributed by atoms with van der Waals surface area (Å²) in [5.74, 6) is 0. The van der Waals surface area contributed by atoms with Crippen molar-refractivity contribution in [2.75, 3.05) is 26.2 Å². The lowest BCUT2D eigenvalue weighted by atomic mass is 10.3. The Hall–Kier alpha value is -2.23. The van der Waals surface area contributed by atoms with E-state index in [1.807, 2.05) is 25.3 Å². The molecule has 21 heavy (non-hydrogen) atoms. The maximum atomic E-state index is 8.98. The second-order valence-electron chi connectivity index (χ2n) is 5.22. The average Bonchev–Trinajstić information content (AvgIpc) is 2.90. The fourth-order valence-corrected chi connectivity index (χ4v) is 2.45. The number of hydrogen-bond donors (Lipinski definition) is 1. The smallest absolute Gasteiger partial charge is 0.103 e. The predicted molar refractivity (Wildman–Crippen MR) is 79.0 cm³/mol. The summed E-state index contributed by atoms with van der Waals surface area (Å²) in [6.07, 6.45) is 3.55. The minimum Gasteiger partial charge on any atom is -0.314 e. The molecule has 3 heterocycles. The van der Waals surface area contributed by atoms with Crippen LogP contribution in [0, 0.1) is 18.3 Å². The van der Waals surface area contributed by atoms with E-state index < -0.39 is 0 Å². The van der Waals surface area contributed by atoms with Crippen molar-refractivity contribution in [3.8, 4) is 11.8 Å². The average molecular weight is 282 g/mol. The molecule has 0 radical (unpaired) electrons. The molecule has 0 aliphatic carbocycles. The highest BCUT2D eigenvalue weighted by atomic mass is 15.3. The van der Waals surface area contributed by atoms with Gasteiger partial charge in [-0.1, -0.05) is 0 Å². The summed E-state index contributed by atoms with van der Waals surface area (Å²) in [5.41, 5.74) is 3.27. The van der Waals surface area contributed by atoms with Gasteiger partial charge < -0.3 is 5.32 Å². The van der Waals surface area contributed by atoms with Crippen LogP contribution in [0.3, 0.4) is 0 Å². The Morgan fingerprint density at radius 3 is 2.76 bits per heavy atom. The van der Waals surface area contributed by atoms with E-state index in [0.29, 0.717) is 5.56 Å². The van der Waals surface area contributed by atoms with E-state index in [0.717, 1.165) is 49.8 Å². The third-order valence-corrected chi connectivity index (χ3v) is 3.69. The van der Waals surface area contributed by atoms with Gasteiger partial charge in [-0.25, -0.2) is 4.68 Å². The van der Waals surface area contributed by atoms with Gasteiger partial charge in [0.2, 0.25) is 0 Å². The van der Waals surface area contributed by atoms with Crippen LogP contribution in [-0.4, -0.2) is 45.8 Å². The maximum absolute atomic E-state index is 8.98. The highest BCUT2D eigenvalue weighted by Gasteiger charge is 2.11. The largest absolute Gasteiger partial charge is 0.314 e. The topological polar surface area (TPSA) is 69.8 Å². The summed E-state index contributed by atoms with van der Waals surface area (Å²) >= 11 is 0. The van der Waals surface area contributed by atoms with Gasteiger partial charge in [0.15, 0.2) is 0 Å². The minimum atomic E-state index is 0.597. The summed E-state index contributed by atoms with van der Waals surface area (Å²) in [6.45, 7) is 6.93. The SMILES string of the molecule is Cc1nn(-c2ccc(CN3CCNCC3)nc2)cc1C#N. The van der Waals surface area contributed by atoms with Gasteiger partial charge in [-0.05, 0) is 19.1 Å². The van der Waals surface area contributed by atoms with E-state index in [1.165, 1.54) is 0 Å². The first-order chi connectivity index (χ1) is 10.3. The molecule has 1 N–H and O–H groups in total. The molecule has 0 atom stereocenters.